The zero-order valence-corrected chi connectivity index (χ0v) is 17.9. The van der Waals surface area contributed by atoms with Crippen molar-refractivity contribution in [1.29, 1.82) is 0 Å². The van der Waals surface area contributed by atoms with Gasteiger partial charge in [0, 0.05) is 30.1 Å². The van der Waals surface area contributed by atoms with E-state index in [9.17, 15) is 9.59 Å². The Hall–Kier alpha value is -1.75. The molecular weight excluding hydrogens is 374 g/mol. The molecule has 0 bridgehead atoms. The van der Waals surface area contributed by atoms with Crippen molar-refractivity contribution in [3.63, 3.8) is 0 Å². The van der Waals surface area contributed by atoms with Gasteiger partial charge in [0.05, 0.1) is 6.04 Å². The maximum atomic E-state index is 12.8. The number of hydrogen-bond donors (Lipinski definition) is 2. The molecule has 6 heteroatoms. The van der Waals surface area contributed by atoms with Crippen LogP contribution in [0.25, 0.3) is 0 Å². The summed E-state index contributed by atoms with van der Waals surface area (Å²) in [6, 6.07) is 7.72. The van der Waals surface area contributed by atoms with E-state index in [1.54, 1.807) is 6.92 Å². The molecule has 0 aromatic heterocycles. The Morgan fingerprint density at radius 2 is 1.93 bits per heavy atom. The molecule has 0 spiro atoms. The number of carbonyl (C=O) groups is 2. The monoisotopic (exact) mass is 405 g/mol. The highest BCUT2D eigenvalue weighted by Gasteiger charge is 2.37. The Bertz CT molecular complexity index is 715. The van der Waals surface area contributed by atoms with Gasteiger partial charge in [-0.05, 0) is 63.1 Å². The van der Waals surface area contributed by atoms with Crippen LogP contribution in [-0.4, -0.2) is 35.0 Å². The molecule has 0 unspecified atom stereocenters. The number of piperidine rings is 1. The highest BCUT2D eigenvalue weighted by atomic mass is 35.5. The van der Waals surface area contributed by atoms with Gasteiger partial charge in [0.2, 0.25) is 5.91 Å². The van der Waals surface area contributed by atoms with Crippen molar-refractivity contribution in [3.05, 3.63) is 34.9 Å². The first-order chi connectivity index (χ1) is 13.3. The number of nitrogens with one attached hydrogen (secondary N) is 2. The molecule has 5 nitrogen and oxygen atoms in total. The van der Waals surface area contributed by atoms with Gasteiger partial charge in [-0.25, -0.2) is 4.79 Å². The van der Waals surface area contributed by atoms with Crippen LogP contribution in [-0.2, 0) is 4.79 Å². The number of benzene rings is 1. The van der Waals surface area contributed by atoms with Crippen LogP contribution in [0.4, 0.5) is 4.79 Å². The number of halogens is 1. The molecule has 1 saturated heterocycles. The van der Waals surface area contributed by atoms with E-state index in [0.717, 1.165) is 31.2 Å². The molecule has 1 aromatic rings. The Morgan fingerprint density at radius 1 is 1.21 bits per heavy atom. The summed E-state index contributed by atoms with van der Waals surface area (Å²) in [7, 11) is 0. The van der Waals surface area contributed by atoms with Gasteiger partial charge in [0.25, 0.3) is 0 Å². The molecule has 154 valence electrons. The highest BCUT2D eigenvalue weighted by Crippen LogP contribution is 2.36. The molecule has 2 atom stereocenters. The summed E-state index contributed by atoms with van der Waals surface area (Å²) in [5.41, 5.74) is 0.820. The summed E-state index contributed by atoms with van der Waals surface area (Å²) in [6.07, 6.45) is 6.21. The van der Waals surface area contributed by atoms with E-state index in [1.807, 2.05) is 29.2 Å². The van der Waals surface area contributed by atoms with Gasteiger partial charge in [-0.2, -0.15) is 0 Å². The van der Waals surface area contributed by atoms with Gasteiger partial charge in [-0.3, -0.25) is 4.79 Å². The van der Waals surface area contributed by atoms with E-state index in [-0.39, 0.29) is 29.6 Å². The quantitative estimate of drug-likeness (QED) is 0.765. The lowest BCUT2D eigenvalue weighted by Crippen LogP contribution is -2.57. The fourth-order valence-electron chi connectivity index (χ4n) is 4.94. The van der Waals surface area contributed by atoms with Gasteiger partial charge >= 0.3 is 6.03 Å². The first kappa shape index (κ1) is 21.0. The van der Waals surface area contributed by atoms with Crippen molar-refractivity contribution in [2.24, 2.45) is 5.92 Å². The number of hydrogen-bond acceptors (Lipinski definition) is 2. The van der Waals surface area contributed by atoms with Crippen LogP contribution < -0.4 is 10.6 Å². The Labute approximate surface area is 173 Å². The molecule has 1 heterocycles. The predicted molar refractivity (Wildman–Crippen MR) is 112 cm³/mol. The van der Waals surface area contributed by atoms with Crippen molar-refractivity contribution in [3.8, 4) is 0 Å². The summed E-state index contributed by atoms with van der Waals surface area (Å²) >= 11 is 6.20. The van der Waals surface area contributed by atoms with Crippen LogP contribution in [0.15, 0.2) is 24.3 Å². The SMILES string of the molecule is CC(=O)N1CC[C@H](NC(=O)N[C@@H](c2cccc(Cl)c2)C2CCCC2)CC1(C)C. The smallest absolute Gasteiger partial charge is 0.315 e. The second-order valence-corrected chi connectivity index (χ2v) is 9.30. The third kappa shape index (κ3) is 4.99. The molecule has 1 saturated carbocycles. The second-order valence-electron chi connectivity index (χ2n) is 8.87. The van der Waals surface area contributed by atoms with E-state index in [1.165, 1.54) is 12.8 Å². The van der Waals surface area contributed by atoms with Crippen molar-refractivity contribution in [2.45, 2.75) is 76.9 Å². The molecule has 2 fully saturated rings. The fraction of sp³-hybridized carbons (Fsp3) is 0.636. The average Bonchev–Trinajstić information content (AvgIpc) is 3.12. The Kier molecular flexibility index (Phi) is 6.54. The van der Waals surface area contributed by atoms with Crippen LogP contribution in [0.3, 0.4) is 0 Å². The van der Waals surface area contributed by atoms with E-state index >= 15 is 0 Å². The van der Waals surface area contributed by atoms with E-state index in [4.69, 9.17) is 11.6 Å². The molecule has 3 rings (SSSR count). The third-order valence-electron chi connectivity index (χ3n) is 6.26. The minimum atomic E-state index is -0.250. The van der Waals surface area contributed by atoms with Gasteiger partial charge < -0.3 is 15.5 Å². The van der Waals surface area contributed by atoms with Crippen molar-refractivity contribution >= 4 is 23.5 Å². The molecule has 28 heavy (non-hydrogen) atoms. The molecule has 1 aromatic carbocycles. The lowest BCUT2D eigenvalue weighted by Gasteiger charge is -2.45. The average molecular weight is 406 g/mol. The number of nitrogens with zero attached hydrogens (tertiary/aromatic N) is 1. The summed E-state index contributed by atoms with van der Waals surface area (Å²) in [5.74, 6) is 0.537. The lowest BCUT2D eigenvalue weighted by atomic mass is 9.87. The molecule has 1 aliphatic heterocycles. The van der Waals surface area contributed by atoms with Gasteiger partial charge in [0.1, 0.15) is 0 Å². The molecule has 0 radical (unpaired) electrons. The van der Waals surface area contributed by atoms with E-state index in [0.29, 0.717) is 17.5 Å². The number of rotatable bonds is 4. The molecule has 2 N–H and O–H groups in total. The van der Waals surface area contributed by atoms with Crippen LogP contribution in [0.1, 0.15) is 70.9 Å². The maximum Gasteiger partial charge on any atom is 0.315 e. The van der Waals surface area contributed by atoms with Crippen LogP contribution >= 0.6 is 11.6 Å². The summed E-state index contributed by atoms with van der Waals surface area (Å²) in [5, 5.41) is 7.07. The van der Waals surface area contributed by atoms with Gasteiger partial charge in [0.15, 0.2) is 0 Å². The number of urea groups is 1. The first-order valence-electron chi connectivity index (χ1n) is 10.4. The second kappa shape index (κ2) is 8.73. The Balaban J connectivity index is 1.65. The summed E-state index contributed by atoms with van der Waals surface area (Å²) in [6.45, 7) is 6.41. The largest absolute Gasteiger partial charge is 0.338 e. The lowest BCUT2D eigenvalue weighted by molar-refractivity contribution is -0.136. The minimum Gasteiger partial charge on any atom is -0.338 e. The molecular formula is C22H32ClN3O2. The number of amides is 3. The first-order valence-corrected chi connectivity index (χ1v) is 10.7. The van der Waals surface area contributed by atoms with E-state index in [2.05, 4.69) is 24.5 Å². The minimum absolute atomic E-state index is 0.0217. The van der Waals surface area contributed by atoms with Gasteiger partial charge in [-0.15, -0.1) is 0 Å². The molecule has 1 aliphatic carbocycles. The molecule has 2 aliphatic rings. The molecule has 3 amide bonds. The number of likely N-dealkylation sites (tertiary alicyclic amines) is 1. The standard InChI is InChI=1S/C22H32ClN3O2/c1-15(27)26-12-11-19(14-22(26,2)3)24-21(28)25-20(16-7-4-5-8-16)17-9-6-10-18(23)13-17/h6,9-10,13,16,19-20H,4-5,7-8,11-12,14H2,1-3H3,(H2,24,25,28)/t19-,20+/m0/s1. The normalized spacial score (nSPS) is 23.3. The van der Waals surface area contributed by atoms with Crippen LogP contribution in [0.5, 0.6) is 0 Å². The topological polar surface area (TPSA) is 61.4 Å². The Morgan fingerprint density at radius 3 is 2.54 bits per heavy atom. The van der Waals surface area contributed by atoms with Crippen LogP contribution in [0, 0.1) is 5.92 Å². The zero-order valence-electron chi connectivity index (χ0n) is 17.1. The van der Waals surface area contributed by atoms with Crippen molar-refractivity contribution < 1.29 is 9.59 Å². The van der Waals surface area contributed by atoms with Crippen molar-refractivity contribution in [1.82, 2.24) is 15.5 Å². The van der Waals surface area contributed by atoms with Crippen LogP contribution in [0.2, 0.25) is 5.02 Å². The van der Waals surface area contributed by atoms with E-state index < -0.39 is 0 Å². The number of carbonyl (C=O) groups excluding carboxylic acids is 2. The highest BCUT2D eigenvalue weighted by molar-refractivity contribution is 6.30. The zero-order chi connectivity index (χ0) is 20.3. The van der Waals surface area contributed by atoms with Gasteiger partial charge in [-0.1, -0.05) is 36.6 Å². The summed E-state index contributed by atoms with van der Waals surface area (Å²) < 4.78 is 0. The fourth-order valence-corrected chi connectivity index (χ4v) is 5.14. The van der Waals surface area contributed by atoms with Crippen molar-refractivity contribution in [2.75, 3.05) is 6.54 Å². The third-order valence-corrected chi connectivity index (χ3v) is 6.49. The maximum absolute atomic E-state index is 12.8. The summed E-state index contributed by atoms with van der Waals surface area (Å²) in [4.78, 5) is 26.6. The predicted octanol–water partition coefficient (Wildman–Crippen LogP) is 4.66.